The molecule has 0 unspecified atom stereocenters. The summed E-state index contributed by atoms with van der Waals surface area (Å²) in [5, 5.41) is 3.10. The number of anilines is 1. The highest BCUT2D eigenvalue weighted by atomic mass is 16.1. The van der Waals surface area contributed by atoms with Crippen molar-refractivity contribution in [1.29, 1.82) is 0 Å². The molecule has 1 aromatic heterocycles. The molecule has 1 rings (SSSR count). The molecular formula is C11H19N3O. The zero-order valence-electron chi connectivity index (χ0n) is 9.87. The van der Waals surface area contributed by atoms with E-state index in [-0.39, 0.29) is 11.0 Å². The molecular weight excluding hydrogens is 190 g/mol. The lowest BCUT2D eigenvalue weighted by atomic mass is 9.90. The van der Waals surface area contributed by atoms with Gasteiger partial charge in [0.15, 0.2) is 5.82 Å². The SMILES string of the molecule is CCC(C)(C)CNc1nccn(C)c1=O. The van der Waals surface area contributed by atoms with Crippen LogP contribution in [0, 0.1) is 5.41 Å². The Bertz CT molecular complexity index is 382. The molecule has 0 saturated heterocycles. The Morgan fingerprint density at radius 1 is 1.53 bits per heavy atom. The van der Waals surface area contributed by atoms with E-state index in [1.165, 1.54) is 4.57 Å². The van der Waals surface area contributed by atoms with Crippen LogP contribution in [0.1, 0.15) is 27.2 Å². The molecule has 0 bridgehead atoms. The van der Waals surface area contributed by atoms with Crippen LogP contribution < -0.4 is 10.9 Å². The van der Waals surface area contributed by atoms with Crippen LogP contribution in [0.3, 0.4) is 0 Å². The smallest absolute Gasteiger partial charge is 0.293 e. The number of rotatable bonds is 4. The Balaban J connectivity index is 2.75. The lowest BCUT2D eigenvalue weighted by Crippen LogP contribution is -2.28. The van der Waals surface area contributed by atoms with Crippen molar-refractivity contribution in [3.8, 4) is 0 Å². The van der Waals surface area contributed by atoms with E-state index >= 15 is 0 Å². The molecule has 0 saturated carbocycles. The first-order valence-corrected chi connectivity index (χ1v) is 5.22. The lowest BCUT2D eigenvalue weighted by Gasteiger charge is -2.22. The van der Waals surface area contributed by atoms with E-state index in [0.717, 1.165) is 13.0 Å². The third-order valence-corrected chi connectivity index (χ3v) is 2.71. The molecule has 0 aliphatic rings. The Kier molecular flexibility index (Phi) is 3.50. The molecule has 0 aliphatic carbocycles. The van der Waals surface area contributed by atoms with Crippen LogP contribution in [0.2, 0.25) is 0 Å². The molecule has 0 radical (unpaired) electrons. The highest BCUT2D eigenvalue weighted by Crippen LogP contribution is 2.18. The molecule has 1 aromatic rings. The average Bonchev–Trinajstić information content (AvgIpc) is 2.20. The number of aromatic nitrogens is 2. The molecule has 0 amide bonds. The van der Waals surface area contributed by atoms with Crippen molar-refractivity contribution in [1.82, 2.24) is 9.55 Å². The number of hydrogen-bond acceptors (Lipinski definition) is 3. The molecule has 4 nitrogen and oxygen atoms in total. The molecule has 0 aromatic carbocycles. The van der Waals surface area contributed by atoms with Gasteiger partial charge in [0.25, 0.3) is 5.56 Å². The predicted molar refractivity (Wildman–Crippen MR) is 62.0 cm³/mol. The van der Waals surface area contributed by atoms with Gasteiger partial charge in [-0.15, -0.1) is 0 Å². The topological polar surface area (TPSA) is 46.9 Å². The maximum atomic E-state index is 11.6. The van der Waals surface area contributed by atoms with Crippen molar-refractivity contribution in [2.45, 2.75) is 27.2 Å². The van der Waals surface area contributed by atoms with Gasteiger partial charge in [0.2, 0.25) is 0 Å². The summed E-state index contributed by atoms with van der Waals surface area (Å²) in [6.45, 7) is 7.22. The second kappa shape index (κ2) is 4.47. The first-order valence-electron chi connectivity index (χ1n) is 5.22. The lowest BCUT2D eigenvalue weighted by molar-refractivity contribution is 0.376. The van der Waals surface area contributed by atoms with E-state index in [9.17, 15) is 4.79 Å². The Labute approximate surface area is 90.3 Å². The highest BCUT2D eigenvalue weighted by Gasteiger charge is 2.15. The summed E-state index contributed by atoms with van der Waals surface area (Å²) in [6.07, 6.45) is 4.34. The first kappa shape index (κ1) is 11.8. The minimum Gasteiger partial charge on any atom is -0.365 e. The summed E-state index contributed by atoms with van der Waals surface area (Å²) in [5.41, 5.74) is 0.104. The molecule has 0 spiro atoms. The first-order chi connectivity index (χ1) is 6.96. The Morgan fingerprint density at radius 2 is 2.20 bits per heavy atom. The van der Waals surface area contributed by atoms with E-state index in [0.29, 0.717) is 5.82 Å². The van der Waals surface area contributed by atoms with Gasteiger partial charge in [0.05, 0.1) is 0 Å². The maximum absolute atomic E-state index is 11.6. The van der Waals surface area contributed by atoms with Crippen molar-refractivity contribution in [3.63, 3.8) is 0 Å². The van der Waals surface area contributed by atoms with Crippen molar-refractivity contribution >= 4 is 5.82 Å². The molecule has 0 atom stereocenters. The third kappa shape index (κ3) is 3.08. The fourth-order valence-corrected chi connectivity index (χ4v) is 1.07. The third-order valence-electron chi connectivity index (χ3n) is 2.71. The molecule has 1 heterocycles. The van der Waals surface area contributed by atoms with E-state index in [1.54, 1.807) is 19.4 Å². The van der Waals surface area contributed by atoms with Gasteiger partial charge in [-0.25, -0.2) is 4.98 Å². The maximum Gasteiger partial charge on any atom is 0.293 e. The normalized spacial score (nSPS) is 11.5. The highest BCUT2D eigenvalue weighted by molar-refractivity contribution is 5.30. The fourth-order valence-electron chi connectivity index (χ4n) is 1.07. The van der Waals surface area contributed by atoms with Gasteiger partial charge in [-0.3, -0.25) is 4.79 Å². The van der Waals surface area contributed by atoms with Crippen LogP contribution in [0.15, 0.2) is 17.2 Å². The van der Waals surface area contributed by atoms with Gasteiger partial charge >= 0.3 is 0 Å². The number of hydrogen-bond donors (Lipinski definition) is 1. The molecule has 1 N–H and O–H groups in total. The average molecular weight is 209 g/mol. The van der Waals surface area contributed by atoms with Gasteiger partial charge in [-0.2, -0.15) is 0 Å². The number of nitrogens with zero attached hydrogens (tertiary/aromatic N) is 2. The second-order valence-electron chi connectivity index (χ2n) is 4.56. The molecule has 0 fully saturated rings. The summed E-state index contributed by atoms with van der Waals surface area (Å²) in [5.74, 6) is 0.432. The van der Waals surface area contributed by atoms with Gasteiger partial charge in [0, 0.05) is 26.0 Å². The molecule has 0 aliphatic heterocycles. The van der Waals surface area contributed by atoms with Gasteiger partial charge in [0.1, 0.15) is 0 Å². The van der Waals surface area contributed by atoms with Crippen LogP contribution in [-0.2, 0) is 7.05 Å². The van der Waals surface area contributed by atoms with Crippen LogP contribution in [0.4, 0.5) is 5.82 Å². The van der Waals surface area contributed by atoms with E-state index in [1.807, 2.05) is 0 Å². The zero-order chi connectivity index (χ0) is 11.5. The number of nitrogens with one attached hydrogen (secondary N) is 1. The fraction of sp³-hybridized carbons (Fsp3) is 0.636. The van der Waals surface area contributed by atoms with Gasteiger partial charge in [-0.05, 0) is 11.8 Å². The Morgan fingerprint density at radius 3 is 2.80 bits per heavy atom. The summed E-state index contributed by atoms with van der Waals surface area (Å²) in [7, 11) is 1.72. The standard InChI is InChI=1S/C11H19N3O/c1-5-11(2,3)8-13-9-10(15)14(4)7-6-12-9/h6-7H,5,8H2,1-4H3,(H,12,13). The van der Waals surface area contributed by atoms with Crippen molar-refractivity contribution in [2.75, 3.05) is 11.9 Å². The Hall–Kier alpha value is -1.32. The predicted octanol–water partition coefficient (Wildman–Crippen LogP) is 1.63. The van der Waals surface area contributed by atoms with Crippen molar-refractivity contribution < 1.29 is 0 Å². The summed E-state index contributed by atoms with van der Waals surface area (Å²) >= 11 is 0. The minimum atomic E-state index is -0.0793. The van der Waals surface area contributed by atoms with Crippen molar-refractivity contribution in [2.24, 2.45) is 12.5 Å². The second-order valence-corrected chi connectivity index (χ2v) is 4.56. The van der Waals surface area contributed by atoms with E-state index < -0.39 is 0 Å². The summed E-state index contributed by atoms with van der Waals surface area (Å²) in [6, 6.07) is 0. The van der Waals surface area contributed by atoms with Crippen molar-refractivity contribution in [3.05, 3.63) is 22.7 Å². The van der Waals surface area contributed by atoms with Crippen LogP contribution in [0.5, 0.6) is 0 Å². The van der Waals surface area contributed by atoms with E-state index in [4.69, 9.17) is 0 Å². The molecule has 15 heavy (non-hydrogen) atoms. The number of aryl methyl sites for hydroxylation is 1. The largest absolute Gasteiger partial charge is 0.365 e. The van der Waals surface area contributed by atoms with Crippen LogP contribution >= 0.6 is 0 Å². The van der Waals surface area contributed by atoms with Crippen LogP contribution in [0.25, 0.3) is 0 Å². The quantitative estimate of drug-likeness (QED) is 0.819. The van der Waals surface area contributed by atoms with E-state index in [2.05, 4.69) is 31.1 Å². The summed E-state index contributed by atoms with van der Waals surface area (Å²) < 4.78 is 1.52. The summed E-state index contributed by atoms with van der Waals surface area (Å²) in [4.78, 5) is 15.6. The molecule has 4 heteroatoms. The molecule has 84 valence electrons. The zero-order valence-corrected chi connectivity index (χ0v) is 9.87. The van der Waals surface area contributed by atoms with Gasteiger partial charge < -0.3 is 9.88 Å². The van der Waals surface area contributed by atoms with Gasteiger partial charge in [-0.1, -0.05) is 20.8 Å². The van der Waals surface area contributed by atoms with Crippen LogP contribution in [-0.4, -0.2) is 16.1 Å². The minimum absolute atomic E-state index is 0.0793. The monoisotopic (exact) mass is 209 g/mol.